The van der Waals surface area contributed by atoms with Crippen LogP contribution in [0, 0.1) is 5.82 Å². The third-order valence-electron chi connectivity index (χ3n) is 4.86. The highest BCUT2D eigenvalue weighted by molar-refractivity contribution is 7.92. The molecule has 1 fully saturated rings. The van der Waals surface area contributed by atoms with E-state index < -0.39 is 38.3 Å². The number of morpholine rings is 1. The van der Waals surface area contributed by atoms with Gasteiger partial charge in [0.25, 0.3) is 0 Å². The van der Waals surface area contributed by atoms with Crippen LogP contribution in [-0.4, -0.2) is 73.3 Å². The first-order valence-corrected chi connectivity index (χ1v) is 13.1. The number of carbonyl (C=O) groups excluding carboxylic acids is 1. The van der Waals surface area contributed by atoms with Gasteiger partial charge in [-0.25, -0.2) is 21.2 Å². The highest BCUT2D eigenvalue weighted by Crippen LogP contribution is 2.29. The molecule has 0 atom stereocenters. The van der Waals surface area contributed by atoms with Crippen molar-refractivity contribution in [2.45, 2.75) is 4.90 Å². The summed E-state index contributed by atoms with van der Waals surface area (Å²) in [6.45, 7) is 0.357. The number of hydrogen-bond donors (Lipinski definition) is 1. The van der Waals surface area contributed by atoms with E-state index in [0.717, 1.165) is 22.7 Å². The van der Waals surface area contributed by atoms with E-state index in [2.05, 4.69) is 5.32 Å². The first-order valence-electron chi connectivity index (χ1n) is 9.81. The number of methoxy groups -OCH3 is 1. The van der Waals surface area contributed by atoms with Crippen molar-refractivity contribution in [3.63, 3.8) is 0 Å². The lowest BCUT2D eigenvalue weighted by atomic mass is 10.3. The highest BCUT2D eigenvalue weighted by atomic mass is 32.2. The van der Waals surface area contributed by atoms with Crippen molar-refractivity contribution < 1.29 is 35.5 Å². The van der Waals surface area contributed by atoms with Crippen molar-refractivity contribution in [2.75, 3.05) is 55.8 Å². The van der Waals surface area contributed by atoms with E-state index in [4.69, 9.17) is 9.47 Å². The van der Waals surface area contributed by atoms with Gasteiger partial charge in [0.1, 0.15) is 18.1 Å². The minimum absolute atomic E-state index is 0.0565. The monoisotopic (exact) mass is 501 g/mol. The summed E-state index contributed by atoms with van der Waals surface area (Å²) in [7, 11) is -6.36. The number of nitrogens with zero attached hydrogens (tertiary/aromatic N) is 2. The molecule has 0 aliphatic carbocycles. The van der Waals surface area contributed by atoms with Crippen molar-refractivity contribution in [2.24, 2.45) is 0 Å². The molecule has 0 spiro atoms. The number of amides is 1. The maximum atomic E-state index is 13.2. The fraction of sp³-hybridized carbons (Fsp3) is 0.350. The quantitative estimate of drug-likeness (QED) is 0.578. The van der Waals surface area contributed by atoms with Gasteiger partial charge in [0.2, 0.25) is 26.0 Å². The van der Waals surface area contributed by atoms with Crippen molar-refractivity contribution in [1.29, 1.82) is 0 Å². The Morgan fingerprint density at radius 2 is 1.76 bits per heavy atom. The zero-order chi connectivity index (χ0) is 24.2. The fourth-order valence-corrected chi connectivity index (χ4v) is 5.50. The lowest BCUT2D eigenvalue weighted by Crippen LogP contribution is -2.40. The molecule has 1 saturated heterocycles. The Hall–Kier alpha value is -2.74. The third-order valence-corrected chi connectivity index (χ3v) is 7.89. The molecule has 1 aliphatic rings. The summed E-state index contributed by atoms with van der Waals surface area (Å²) in [4.78, 5) is 12.7. The Balaban J connectivity index is 1.85. The van der Waals surface area contributed by atoms with Gasteiger partial charge in [-0.3, -0.25) is 9.10 Å². The number of sulfonamides is 2. The number of anilines is 2. The highest BCUT2D eigenvalue weighted by Gasteiger charge is 2.28. The maximum Gasteiger partial charge on any atom is 0.245 e. The topological polar surface area (TPSA) is 122 Å². The van der Waals surface area contributed by atoms with Gasteiger partial charge in [-0.2, -0.15) is 4.31 Å². The Morgan fingerprint density at radius 1 is 1.12 bits per heavy atom. The number of carbonyl (C=O) groups is 1. The second-order valence-corrected chi connectivity index (χ2v) is 11.0. The zero-order valence-corrected chi connectivity index (χ0v) is 19.7. The summed E-state index contributed by atoms with van der Waals surface area (Å²) in [6.07, 6.45) is 0.916. The van der Waals surface area contributed by atoms with Crippen LogP contribution in [0.5, 0.6) is 5.75 Å². The lowest BCUT2D eigenvalue weighted by Gasteiger charge is -2.26. The number of halogens is 1. The molecule has 0 radical (unpaired) electrons. The van der Waals surface area contributed by atoms with E-state index in [9.17, 15) is 26.0 Å². The molecule has 1 heterocycles. The lowest BCUT2D eigenvalue weighted by molar-refractivity contribution is -0.114. The van der Waals surface area contributed by atoms with Gasteiger partial charge in [-0.05, 0) is 42.5 Å². The summed E-state index contributed by atoms with van der Waals surface area (Å²) >= 11 is 0. The van der Waals surface area contributed by atoms with Crippen LogP contribution in [0.3, 0.4) is 0 Å². The van der Waals surface area contributed by atoms with Gasteiger partial charge < -0.3 is 14.8 Å². The molecule has 0 unspecified atom stereocenters. The van der Waals surface area contributed by atoms with Crippen LogP contribution >= 0.6 is 0 Å². The molecule has 10 nitrogen and oxygen atoms in total. The van der Waals surface area contributed by atoms with Crippen LogP contribution in [0.1, 0.15) is 0 Å². The number of nitrogens with one attached hydrogen (secondary N) is 1. The second kappa shape index (κ2) is 10.0. The number of rotatable bonds is 8. The van der Waals surface area contributed by atoms with Crippen LogP contribution < -0.4 is 14.4 Å². The zero-order valence-electron chi connectivity index (χ0n) is 18.0. The molecule has 3 rings (SSSR count). The average molecular weight is 502 g/mol. The van der Waals surface area contributed by atoms with E-state index in [0.29, 0.717) is 0 Å². The van der Waals surface area contributed by atoms with Crippen molar-refractivity contribution in [1.82, 2.24) is 4.31 Å². The average Bonchev–Trinajstić information content (AvgIpc) is 2.78. The minimum Gasteiger partial charge on any atom is -0.495 e. The molecule has 0 aromatic heterocycles. The van der Waals surface area contributed by atoms with Crippen molar-refractivity contribution in [3.8, 4) is 5.75 Å². The molecule has 0 bridgehead atoms. The molecule has 1 aliphatic heterocycles. The first kappa shape index (κ1) is 24.9. The van der Waals surface area contributed by atoms with Gasteiger partial charge in [0.15, 0.2) is 0 Å². The standard InChI is InChI=1S/C20H24FN3O7S2/c1-30-19-8-7-17(33(28,29)23-9-11-31-12-10-23)13-18(19)22-20(25)14-24(32(2,26)27)16-5-3-15(21)4-6-16/h3-8,13H,9-12,14H2,1-2H3,(H,22,25). The van der Waals surface area contributed by atoms with Crippen molar-refractivity contribution >= 4 is 37.3 Å². The summed E-state index contributed by atoms with van der Waals surface area (Å²) < 4.78 is 76.1. The summed E-state index contributed by atoms with van der Waals surface area (Å²) in [5.74, 6) is -1.11. The molecule has 2 aromatic rings. The Morgan fingerprint density at radius 3 is 2.33 bits per heavy atom. The summed E-state index contributed by atoms with van der Waals surface area (Å²) in [5.41, 5.74) is 0.161. The van der Waals surface area contributed by atoms with Gasteiger partial charge in [-0.1, -0.05) is 0 Å². The van der Waals surface area contributed by atoms with E-state index in [-0.39, 0.29) is 48.3 Å². The fourth-order valence-electron chi connectivity index (χ4n) is 3.21. The van der Waals surface area contributed by atoms with E-state index >= 15 is 0 Å². The summed E-state index contributed by atoms with van der Waals surface area (Å²) in [6, 6.07) is 8.64. The predicted molar refractivity (Wildman–Crippen MR) is 120 cm³/mol. The maximum absolute atomic E-state index is 13.2. The van der Waals surface area contributed by atoms with Crippen molar-refractivity contribution in [3.05, 3.63) is 48.3 Å². The van der Waals surface area contributed by atoms with E-state index in [1.807, 2.05) is 0 Å². The molecule has 180 valence electrons. The molecule has 13 heteroatoms. The van der Waals surface area contributed by atoms with Gasteiger partial charge in [0, 0.05) is 13.1 Å². The van der Waals surface area contributed by atoms with Gasteiger partial charge >= 0.3 is 0 Å². The minimum atomic E-state index is -3.88. The molecule has 2 aromatic carbocycles. The molecule has 1 N–H and O–H groups in total. The Labute approximate surface area is 192 Å². The van der Waals surface area contributed by atoms with Crippen LogP contribution in [0.25, 0.3) is 0 Å². The molecular weight excluding hydrogens is 477 g/mol. The van der Waals surface area contributed by atoms with Gasteiger partial charge in [-0.15, -0.1) is 0 Å². The predicted octanol–water partition coefficient (Wildman–Crippen LogP) is 1.26. The summed E-state index contributed by atoms with van der Waals surface area (Å²) in [5, 5.41) is 2.51. The van der Waals surface area contributed by atoms with E-state index in [1.54, 1.807) is 0 Å². The molecule has 0 saturated carbocycles. The van der Waals surface area contributed by atoms with Gasteiger partial charge in [0.05, 0.1) is 42.8 Å². The smallest absolute Gasteiger partial charge is 0.245 e. The SMILES string of the molecule is COc1ccc(S(=O)(=O)N2CCOCC2)cc1NC(=O)CN(c1ccc(F)cc1)S(C)(=O)=O. The molecule has 1 amide bonds. The molecule has 33 heavy (non-hydrogen) atoms. The number of benzene rings is 2. The van der Waals surface area contributed by atoms with Crippen LogP contribution in [0.2, 0.25) is 0 Å². The Kier molecular flexibility index (Phi) is 7.57. The Bertz CT molecular complexity index is 1210. The second-order valence-electron chi connectivity index (χ2n) is 7.17. The normalized spacial score (nSPS) is 15.1. The number of ether oxygens (including phenoxy) is 2. The van der Waals surface area contributed by atoms with Crippen LogP contribution in [0.15, 0.2) is 47.4 Å². The first-order chi connectivity index (χ1) is 15.5. The third kappa shape index (κ3) is 5.99. The van der Waals surface area contributed by atoms with Crippen LogP contribution in [-0.2, 0) is 29.6 Å². The largest absolute Gasteiger partial charge is 0.495 e. The number of hydrogen-bond acceptors (Lipinski definition) is 7. The molecular formula is C20H24FN3O7S2. The van der Waals surface area contributed by atoms with E-state index in [1.165, 1.54) is 41.7 Å². The van der Waals surface area contributed by atoms with Crippen LogP contribution in [0.4, 0.5) is 15.8 Å².